The van der Waals surface area contributed by atoms with Gasteiger partial charge >= 0.3 is 0 Å². The topological polar surface area (TPSA) is 50.9 Å². The highest BCUT2D eigenvalue weighted by Gasteiger charge is 1.95. The van der Waals surface area contributed by atoms with Crippen LogP contribution in [0, 0.1) is 0 Å². The van der Waals surface area contributed by atoms with Gasteiger partial charge in [0.15, 0.2) is 0 Å². The zero-order chi connectivity index (χ0) is 11.2. The molecule has 0 radical (unpaired) electrons. The Morgan fingerprint density at radius 3 is 2.69 bits per heavy atom. The third kappa shape index (κ3) is 2.77. The van der Waals surface area contributed by atoms with E-state index in [9.17, 15) is 0 Å². The van der Waals surface area contributed by atoms with E-state index in [1.54, 1.807) is 17.1 Å². The molecule has 1 aromatic heterocycles. The molecule has 0 amide bonds. The molecule has 16 heavy (non-hydrogen) atoms. The van der Waals surface area contributed by atoms with Gasteiger partial charge in [0.25, 0.3) is 0 Å². The van der Waals surface area contributed by atoms with Crippen molar-refractivity contribution in [2.24, 2.45) is 0 Å². The third-order valence-corrected chi connectivity index (χ3v) is 2.21. The Labute approximate surface area is 93.9 Å². The maximum Gasteiger partial charge on any atom is 0.137 e. The Morgan fingerprint density at radius 2 is 2.06 bits per heavy atom. The smallest absolute Gasteiger partial charge is 0.137 e. The monoisotopic (exact) mass is 215 g/mol. The summed E-state index contributed by atoms with van der Waals surface area (Å²) in [5.74, 6) is 0. The fourth-order valence-electron chi connectivity index (χ4n) is 1.42. The molecule has 0 saturated heterocycles. The minimum Gasteiger partial charge on any atom is -0.392 e. The van der Waals surface area contributed by atoms with Gasteiger partial charge in [-0.1, -0.05) is 36.4 Å². The maximum absolute atomic E-state index is 8.65. The van der Waals surface area contributed by atoms with Gasteiger partial charge in [0, 0.05) is 0 Å². The van der Waals surface area contributed by atoms with Crippen molar-refractivity contribution >= 4 is 6.08 Å². The lowest BCUT2D eigenvalue weighted by Crippen LogP contribution is -1.99. The normalized spacial score (nSPS) is 11.1. The number of aliphatic hydroxyl groups excluding tert-OH is 1. The van der Waals surface area contributed by atoms with Crippen LogP contribution in [0.5, 0.6) is 0 Å². The summed E-state index contributed by atoms with van der Waals surface area (Å²) in [6.07, 6.45) is 6.82. The Balaban J connectivity index is 2.05. The summed E-state index contributed by atoms with van der Waals surface area (Å²) >= 11 is 0. The Hall–Kier alpha value is -1.94. The summed E-state index contributed by atoms with van der Waals surface area (Å²) in [5.41, 5.74) is 2.25. The molecule has 0 aliphatic carbocycles. The second-order valence-electron chi connectivity index (χ2n) is 3.42. The number of rotatable bonds is 4. The third-order valence-electron chi connectivity index (χ3n) is 2.21. The van der Waals surface area contributed by atoms with Crippen LogP contribution in [0.25, 0.3) is 6.08 Å². The van der Waals surface area contributed by atoms with E-state index >= 15 is 0 Å². The van der Waals surface area contributed by atoms with Gasteiger partial charge in [-0.15, -0.1) is 0 Å². The van der Waals surface area contributed by atoms with E-state index in [2.05, 4.69) is 10.1 Å². The molecule has 0 spiro atoms. The molecule has 0 saturated carbocycles. The molecule has 0 unspecified atom stereocenters. The Bertz CT molecular complexity index is 446. The van der Waals surface area contributed by atoms with Gasteiger partial charge in [0.1, 0.15) is 12.7 Å². The predicted octanol–water partition coefficient (Wildman–Crippen LogP) is 1.33. The van der Waals surface area contributed by atoms with Crippen LogP contribution in [0.1, 0.15) is 11.1 Å². The van der Waals surface area contributed by atoms with Gasteiger partial charge in [-0.25, -0.2) is 9.67 Å². The fourth-order valence-corrected chi connectivity index (χ4v) is 1.42. The van der Waals surface area contributed by atoms with Crippen LogP contribution in [0.2, 0.25) is 0 Å². The molecule has 2 aromatic rings. The van der Waals surface area contributed by atoms with E-state index in [4.69, 9.17) is 5.11 Å². The number of nitrogens with zero attached hydrogens (tertiary/aromatic N) is 3. The van der Waals surface area contributed by atoms with E-state index in [1.165, 1.54) is 11.9 Å². The van der Waals surface area contributed by atoms with Gasteiger partial charge in [0.05, 0.1) is 13.2 Å². The number of hydrogen-bond donors (Lipinski definition) is 1. The lowest BCUT2D eigenvalue weighted by atomic mass is 10.1. The Kier molecular flexibility index (Phi) is 3.46. The van der Waals surface area contributed by atoms with Crippen LogP contribution in [0.3, 0.4) is 0 Å². The van der Waals surface area contributed by atoms with Crippen LogP contribution in [-0.4, -0.2) is 26.5 Å². The van der Waals surface area contributed by atoms with Crippen LogP contribution < -0.4 is 0 Å². The molecule has 1 aromatic carbocycles. The van der Waals surface area contributed by atoms with Crippen molar-refractivity contribution in [1.82, 2.24) is 14.8 Å². The van der Waals surface area contributed by atoms with Crippen LogP contribution in [-0.2, 0) is 6.54 Å². The van der Waals surface area contributed by atoms with Crippen LogP contribution in [0.4, 0.5) is 0 Å². The van der Waals surface area contributed by atoms with Crippen molar-refractivity contribution in [3.8, 4) is 0 Å². The standard InChI is InChI=1S/C12H13N3O/c16-7-1-2-11-3-5-12(6-4-11)8-15-10-13-9-14-15/h1-6,9-10,16H,7-8H2/b2-1+. The minimum absolute atomic E-state index is 0.0701. The van der Waals surface area contributed by atoms with Crippen LogP contribution >= 0.6 is 0 Å². The molecule has 82 valence electrons. The summed E-state index contributed by atoms with van der Waals surface area (Å²) in [4.78, 5) is 3.89. The fraction of sp³-hybridized carbons (Fsp3) is 0.167. The first-order chi connectivity index (χ1) is 7.88. The molecule has 2 rings (SSSR count). The second kappa shape index (κ2) is 5.23. The number of aliphatic hydroxyl groups is 1. The molecule has 0 aliphatic heterocycles. The first-order valence-electron chi connectivity index (χ1n) is 5.07. The van der Waals surface area contributed by atoms with Crippen molar-refractivity contribution < 1.29 is 5.11 Å². The van der Waals surface area contributed by atoms with Gasteiger partial charge in [-0.3, -0.25) is 0 Å². The van der Waals surface area contributed by atoms with Crippen molar-refractivity contribution in [2.75, 3.05) is 6.61 Å². The van der Waals surface area contributed by atoms with Gasteiger partial charge < -0.3 is 5.11 Å². The average Bonchev–Trinajstić information content (AvgIpc) is 2.81. The molecule has 0 fully saturated rings. The van der Waals surface area contributed by atoms with Crippen molar-refractivity contribution in [2.45, 2.75) is 6.54 Å². The van der Waals surface area contributed by atoms with Crippen molar-refractivity contribution in [3.63, 3.8) is 0 Å². The SMILES string of the molecule is OC/C=C/c1ccc(Cn2cncn2)cc1. The van der Waals surface area contributed by atoms with Gasteiger partial charge in [0.2, 0.25) is 0 Å². The number of benzene rings is 1. The molecule has 0 aliphatic rings. The molecule has 0 atom stereocenters. The van der Waals surface area contributed by atoms with Crippen molar-refractivity contribution in [3.05, 3.63) is 54.1 Å². The first-order valence-corrected chi connectivity index (χ1v) is 5.07. The summed E-state index contributed by atoms with van der Waals surface area (Å²) in [5, 5.41) is 12.7. The quantitative estimate of drug-likeness (QED) is 0.837. The predicted molar refractivity (Wildman–Crippen MR) is 61.7 cm³/mol. The maximum atomic E-state index is 8.65. The van der Waals surface area contributed by atoms with Crippen molar-refractivity contribution in [1.29, 1.82) is 0 Å². The summed E-state index contributed by atoms with van der Waals surface area (Å²) in [6, 6.07) is 8.11. The zero-order valence-corrected chi connectivity index (χ0v) is 8.82. The molecular weight excluding hydrogens is 202 g/mol. The van der Waals surface area contributed by atoms with Gasteiger partial charge in [-0.2, -0.15) is 5.10 Å². The molecular formula is C12H13N3O. The number of aromatic nitrogens is 3. The molecule has 1 heterocycles. The minimum atomic E-state index is 0.0701. The molecule has 1 N–H and O–H groups in total. The van der Waals surface area contributed by atoms with Gasteiger partial charge in [-0.05, 0) is 11.1 Å². The Morgan fingerprint density at radius 1 is 1.25 bits per heavy atom. The number of hydrogen-bond acceptors (Lipinski definition) is 3. The summed E-state index contributed by atoms with van der Waals surface area (Å²) in [7, 11) is 0. The average molecular weight is 215 g/mol. The summed E-state index contributed by atoms with van der Waals surface area (Å²) in [6.45, 7) is 0.796. The van der Waals surface area contributed by atoms with E-state index in [-0.39, 0.29) is 6.61 Å². The largest absolute Gasteiger partial charge is 0.392 e. The van der Waals surface area contributed by atoms with E-state index in [1.807, 2.05) is 30.3 Å². The highest BCUT2D eigenvalue weighted by Crippen LogP contribution is 2.07. The van der Waals surface area contributed by atoms with E-state index < -0.39 is 0 Å². The molecule has 4 nitrogen and oxygen atoms in total. The highest BCUT2D eigenvalue weighted by atomic mass is 16.2. The second-order valence-corrected chi connectivity index (χ2v) is 3.42. The first kappa shape index (κ1) is 10.6. The van der Waals surface area contributed by atoms with E-state index in [0.29, 0.717) is 0 Å². The zero-order valence-electron chi connectivity index (χ0n) is 8.82. The molecule has 4 heteroatoms. The lowest BCUT2D eigenvalue weighted by molar-refractivity contribution is 0.343. The summed E-state index contributed by atoms with van der Waals surface area (Å²) < 4.78 is 1.78. The van der Waals surface area contributed by atoms with E-state index in [0.717, 1.165) is 12.1 Å². The van der Waals surface area contributed by atoms with Crippen LogP contribution in [0.15, 0.2) is 43.0 Å². The highest BCUT2D eigenvalue weighted by molar-refractivity contribution is 5.49. The lowest BCUT2D eigenvalue weighted by Gasteiger charge is -2.01. The molecule has 0 bridgehead atoms.